The molecule has 5 rings (SSSR count). The Morgan fingerprint density at radius 1 is 1.00 bits per heavy atom. The van der Waals surface area contributed by atoms with Crippen LogP contribution >= 0.6 is 0 Å². The average molecular weight is 398 g/mol. The smallest absolute Gasteiger partial charge is 0.224 e. The Bertz CT molecular complexity index is 1360. The fraction of sp³-hybridized carbons (Fsp3) is 0.160. The molecule has 0 bridgehead atoms. The number of amides is 1. The number of para-hydroxylation sites is 2. The number of carbonyl (C=O) groups is 1. The molecule has 150 valence electrons. The van der Waals surface area contributed by atoms with Gasteiger partial charge >= 0.3 is 0 Å². The predicted octanol–water partition coefficient (Wildman–Crippen LogP) is 6.04. The van der Waals surface area contributed by atoms with Gasteiger partial charge in [-0.1, -0.05) is 36.4 Å². The van der Waals surface area contributed by atoms with E-state index in [1.165, 1.54) is 10.9 Å². The van der Waals surface area contributed by atoms with Crippen molar-refractivity contribution >= 4 is 44.4 Å². The van der Waals surface area contributed by atoms with Crippen LogP contribution in [0.1, 0.15) is 18.4 Å². The number of aromatic nitrogens is 1. The molecule has 30 heavy (non-hydrogen) atoms. The highest BCUT2D eigenvalue weighted by Crippen LogP contribution is 2.36. The predicted molar refractivity (Wildman–Crippen MR) is 120 cm³/mol. The van der Waals surface area contributed by atoms with Crippen molar-refractivity contribution < 1.29 is 13.9 Å². The zero-order chi connectivity index (χ0) is 20.5. The normalized spacial score (nSPS) is 11.4. The summed E-state index contributed by atoms with van der Waals surface area (Å²) in [6, 6.07) is 19.9. The molecule has 0 aliphatic carbocycles. The van der Waals surface area contributed by atoms with Crippen LogP contribution in [-0.2, 0) is 11.2 Å². The van der Waals surface area contributed by atoms with Crippen molar-refractivity contribution in [2.75, 3.05) is 12.4 Å². The van der Waals surface area contributed by atoms with Gasteiger partial charge in [-0.25, -0.2) is 0 Å². The van der Waals surface area contributed by atoms with Crippen molar-refractivity contribution in [1.29, 1.82) is 0 Å². The highest BCUT2D eigenvalue weighted by molar-refractivity contribution is 6.07. The lowest BCUT2D eigenvalue weighted by atomic mass is 10.1. The molecule has 5 aromatic rings. The van der Waals surface area contributed by atoms with Gasteiger partial charge in [-0.3, -0.25) is 4.79 Å². The third-order valence-corrected chi connectivity index (χ3v) is 5.50. The molecular weight excluding hydrogens is 376 g/mol. The molecule has 0 aliphatic heterocycles. The largest absolute Gasteiger partial charge is 0.495 e. The van der Waals surface area contributed by atoms with Crippen molar-refractivity contribution in [2.24, 2.45) is 0 Å². The van der Waals surface area contributed by atoms with Crippen LogP contribution in [0.15, 0.2) is 71.3 Å². The number of hydrogen-bond acceptors (Lipinski definition) is 3. The number of methoxy groups -OCH3 is 1. The first kappa shape index (κ1) is 18.3. The second-order valence-electron chi connectivity index (χ2n) is 7.41. The first-order chi connectivity index (χ1) is 14.7. The van der Waals surface area contributed by atoms with E-state index >= 15 is 0 Å². The third-order valence-electron chi connectivity index (χ3n) is 5.50. The molecule has 0 aliphatic rings. The quantitative estimate of drug-likeness (QED) is 0.366. The first-order valence-corrected chi connectivity index (χ1v) is 10.1. The number of furan rings is 1. The summed E-state index contributed by atoms with van der Waals surface area (Å²) in [6.07, 6.45) is 4.07. The summed E-state index contributed by atoms with van der Waals surface area (Å²) < 4.78 is 11.5. The molecule has 0 spiro atoms. The van der Waals surface area contributed by atoms with Gasteiger partial charge in [0.25, 0.3) is 0 Å². The maximum atomic E-state index is 12.6. The topological polar surface area (TPSA) is 67.3 Å². The Morgan fingerprint density at radius 2 is 1.80 bits per heavy atom. The summed E-state index contributed by atoms with van der Waals surface area (Å²) in [7, 11) is 1.61. The average Bonchev–Trinajstić information content (AvgIpc) is 3.34. The van der Waals surface area contributed by atoms with Crippen LogP contribution in [0.5, 0.6) is 5.75 Å². The molecular formula is C25H22N2O3. The van der Waals surface area contributed by atoms with Crippen LogP contribution in [0.3, 0.4) is 0 Å². The monoisotopic (exact) mass is 398 g/mol. The summed E-state index contributed by atoms with van der Waals surface area (Å²) in [4.78, 5) is 15.9. The molecule has 1 amide bonds. The number of rotatable bonds is 6. The van der Waals surface area contributed by atoms with Crippen LogP contribution in [0.2, 0.25) is 0 Å². The van der Waals surface area contributed by atoms with Gasteiger partial charge in [0.2, 0.25) is 5.91 Å². The van der Waals surface area contributed by atoms with E-state index in [1.807, 2.05) is 54.7 Å². The second-order valence-corrected chi connectivity index (χ2v) is 7.41. The lowest BCUT2D eigenvalue weighted by Gasteiger charge is -2.10. The number of aromatic amines is 1. The molecule has 2 N–H and O–H groups in total. The van der Waals surface area contributed by atoms with Gasteiger partial charge in [-0.05, 0) is 36.6 Å². The van der Waals surface area contributed by atoms with E-state index in [4.69, 9.17) is 9.15 Å². The van der Waals surface area contributed by atoms with Crippen molar-refractivity contribution in [1.82, 2.24) is 4.98 Å². The molecule has 0 atom stereocenters. The SMILES string of the molecule is COc1cc2c(cc1NC(=O)CCCc1c[nH]c3ccccc13)oc1ccccc12. The second kappa shape index (κ2) is 7.59. The molecule has 2 aromatic heterocycles. The van der Waals surface area contributed by atoms with Crippen LogP contribution in [0.25, 0.3) is 32.8 Å². The van der Waals surface area contributed by atoms with Crippen molar-refractivity contribution in [3.8, 4) is 5.75 Å². The lowest BCUT2D eigenvalue weighted by molar-refractivity contribution is -0.116. The fourth-order valence-corrected chi connectivity index (χ4v) is 4.01. The molecule has 0 fully saturated rings. The number of carbonyl (C=O) groups excluding carboxylic acids is 1. The van der Waals surface area contributed by atoms with Crippen LogP contribution < -0.4 is 10.1 Å². The number of anilines is 1. The first-order valence-electron chi connectivity index (χ1n) is 10.1. The summed E-state index contributed by atoms with van der Waals surface area (Å²) in [6.45, 7) is 0. The number of H-pyrrole nitrogens is 1. The fourth-order valence-electron chi connectivity index (χ4n) is 4.01. The van der Waals surface area contributed by atoms with Gasteiger partial charge in [0.1, 0.15) is 16.9 Å². The highest BCUT2D eigenvalue weighted by atomic mass is 16.5. The van der Waals surface area contributed by atoms with Crippen molar-refractivity contribution in [2.45, 2.75) is 19.3 Å². The maximum Gasteiger partial charge on any atom is 0.224 e. The third kappa shape index (κ3) is 3.28. The van der Waals surface area contributed by atoms with Crippen molar-refractivity contribution in [3.63, 3.8) is 0 Å². The molecule has 0 saturated heterocycles. The van der Waals surface area contributed by atoms with Crippen LogP contribution in [0.4, 0.5) is 5.69 Å². The molecule has 3 aromatic carbocycles. The van der Waals surface area contributed by atoms with Crippen molar-refractivity contribution in [3.05, 3.63) is 72.4 Å². The number of hydrogen-bond donors (Lipinski definition) is 2. The maximum absolute atomic E-state index is 12.6. The zero-order valence-electron chi connectivity index (χ0n) is 16.7. The van der Waals surface area contributed by atoms with Gasteiger partial charge in [-0.15, -0.1) is 0 Å². The zero-order valence-corrected chi connectivity index (χ0v) is 16.7. The van der Waals surface area contributed by atoms with Gasteiger partial charge in [0.05, 0.1) is 12.8 Å². The highest BCUT2D eigenvalue weighted by Gasteiger charge is 2.14. The van der Waals surface area contributed by atoms with E-state index < -0.39 is 0 Å². The number of ether oxygens (including phenoxy) is 1. The van der Waals surface area contributed by atoms with E-state index in [0.29, 0.717) is 17.9 Å². The summed E-state index contributed by atoms with van der Waals surface area (Å²) in [5.41, 5.74) is 4.53. The summed E-state index contributed by atoms with van der Waals surface area (Å²) >= 11 is 0. The number of benzene rings is 3. The lowest BCUT2D eigenvalue weighted by Crippen LogP contribution is -2.12. The van der Waals surface area contributed by atoms with E-state index in [0.717, 1.165) is 40.3 Å². The number of fused-ring (bicyclic) bond motifs is 4. The standard InChI is InChI=1S/C25H22N2O3/c1-29-24-13-19-18-9-3-5-11-22(18)30-23(19)14-21(24)27-25(28)12-6-7-16-15-26-20-10-4-2-8-17(16)20/h2-5,8-11,13-15,26H,6-7,12H2,1H3,(H,27,28). The summed E-state index contributed by atoms with van der Waals surface area (Å²) in [5.74, 6) is 0.586. The molecule has 5 nitrogen and oxygen atoms in total. The minimum Gasteiger partial charge on any atom is -0.495 e. The van der Waals surface area contributed by atoms with Gasteiger partial charge < -0.3 is 19.5 Å². The minimum absolute atomic E-state index is 0.0383. The van der Waals surface area contributed by atoms with Crippen LogP contribution in [0, 0.1) is 0 Å². The molecule has 2 heterocycles. The molecule has 0 radical (unpaired) electrons. The van der Waals surface area contributed by atoms with E-state index in [-0.39, 0.29) is 5.91 Å². The number of aryl methyl sites for hydroxylation is 1. The van der Waals surface area contributed by atoms with Gasteiger partial charge in [-0.2, -0.15) is 0 Å². The van der Waals surface area contributed by atoms with E-state index in [1.54, 1.807) is 7.11 Å². The molecule has 0 unspecified atom stereocenters. The van der Waals surface area contributed by atoms with Crippen LogP contribution in [-0.4, -0.2) is 18.0 Å². The molecule has 0 saturated carbocycles. The molecule has 5 heteroatoms. The Balaban J connectivity index is 1.30. The van der Waals surface area contributed by atoms with Gasteiger partial charge in [0.15, 0.2) is 0 Å². The Kier molecular flexibility index (Phi) is 4.64. The summed E-state index contributed by atoms with van der Waals surface area (Å²) in [5, 5.41) is 6.20. The number of nitrogens with one attached hydrogen (secondary N) is 2. The Hall–Kier alpha value is -3.73. The van der Waals surface area contributed by atoms with Gasteiger partial charge in [0, 0.05) is 40.4 Å². The van der Waals surface area contributed by atoms with E-state index in [2.05, 4.69) is 22.4 Å². The minimum atomic E-state index is -0.0383. The van der Waals surface area contributed by atoms with E-state index in [9.17, 15) is 4.79 Å². The Morgan fingerprint density at radius 3 is 2.67 bits per heavy atom. The Labute approximate surface area is 173 Å².